The van der Waals surface area contributed by atoms with E-state index < -0.39 is 15.0 Å². The maximum absolute atomic E-state index is 14.0. The van der Waals surface area contributed by atoms with Gasteiger partial charge >= 0.3 is 0 Å². The molecule has 20 heavy (non-hydrogen) atoms. The van der Waals surface area contributed by atoms with Crippen LogP contribution in [0.2, 0.25) is 0 Å². The zero-order chi connectivity index (χ0) is 14.6. The molecule has 0 saturated carbocycles. The lowest BCUT2D eigenvalue weighted by Gasteiger charge is -2.02. The van der Waals surface area contributed by atoms with Crippen molar-refractivity contribution in [2.45, 2.75) is 4.90 Å². The molecule has 0 saturated heterocycles. The Bertz CT molecular complexity index is 790. The largest absolute Gasteiger partial charge is 0.233 e. The van der Waals surface area contributed by atoms with E-state index in [1.54, 1.807) is 18.2 Å². The van der Waals surface area contributed by atoms with Crippen LogP contribution in [0.3, 0.4) is 0 Å². The van der Waals surface area contributed by atoms with Crippen molar-refractivity contribution in [1.29, 1.82) is 5.26 Å². The molecule has 0 aliphatic carbocycles. The number of nitriles is 1. The topological polar surface area (TPSA) is 57.9 Å². The van der Waals surface area contributed by atoms with Crippen molar-refractivity contribution in [1.82, 2.24) is 0 Å². The summed E-state index contributed by atoms with van der Waals surface area (Å²) in [5.74, 6) is 0. The smallest absolute Gasteiger partial charge is 0.216 e. The Morgan fingerprint density at radius 3 is 2.30 bits per heavy atom. The second kappa shape index (κ2) is 5.68. The highest BCUT2D eigenvalue weighted by atomic mass is 32.2. The quantitative estimate of drug-likeness (QED) is 0.870. The Kier molecular flexibility index (Phi) is 3.97. The van der Waals surface area contributed by atoms with Crippen molar-refractivity contribution < 1.29 is 12.8 Å². The van der Waals surface area contributed by atoms with E-state index in [4.69, 9.17) is 5.26 Å². The van der Waals surface area contributed by atoms with Gasteiger partial charge in [-0.25, -0.2) is 8.42 Å². The fourth-order valence-corrected chi connectivity index (χ4v) is 2.66. The van der Waals surface area contributed by atoms with Crippen molar-refractivity contribution in [2.24, 2.45) is 0 Å². The van der Waals surface area contributed by atoms with Crippen LogP contribution in [0.1, 0.15) is 11.1 Å². The number of benzene rings is 2. The lowest BCUT2D eigenvalue weighted by molar-refractivity contribution is 0.579. The molecule has 0 fully saturated rings. The summed E-state index contributed by atoms with van der Waals surface area (Å²) in [6.45, 7) is 0. The van der Waals surface area contributed by atoms with Gasteiger partial charge in [0.1, 0.15) is 0 Å². The monoisotopic (exact) mass is 287 g/mol. The van der Waals surface area contributed by atoms with Gasteiger partial charge in [-0.3, -0.25) is 0 Å². The van der Waals surface area contributed by atoms with Crippen LogP contribution in [0.15, 0.2) is 64.7 Å². The highest BCUT2D eigenvalue weighted by Crippen LogP contribution is 2.23. The summed E-state index contributed by atoms with van der Waals surface area (Å²) in [5, 5.41) is 7.61. The second-order valence-electron chi connectivity index (χ2n) is 3.96. The number of hydrogen-bond acceptors (Lipinski definition) is 3. The summed E-state index contributed by atoms with van der Waals surface area (Å²) in [6.07, 6.45) is 0.862. The molecule has 5 heteroatoms. The average Bonchev–Trinajstić information content (AvgIpc) is 2.48. The third-order valence-corrected chi connectivity index (χ3v) is 4.18. The van der Waals surface area contributed by atoms with E-state index in [1.165, 1.54) is 36.4 Å². The Balaban J connectivity index is 2.49. The minimum absolute atomic E-state index is 0.122. The van der Waals surface area contributed by atoms with Crippen molar-refractivity contribution in [3.05, 3.63) is 70.9 Å². The molecule has 0 aromatic heterocycles. The van der Waals surface area contributed by atoms with Crippen LogP contribution >= 0.6 is 0 Å². The van der Waals surface area contributed by atoms with Gasteiger partial charge < -0.3 is 0 Å². The third kappa shape index (κ3) is 2.76. The zero-order valence-corrected chi connectivity index (χ0v) is 11.1. The van der Waals surface area contributed by atoms with Crippen LogP contribution in [0.5, 0.6) is 0 Å². The number of nitrogens with zero attached hydrogens (tertiary/aromatic N) is 1. The van der Waals surface area contributed by atoms with Gasteiger partial charge in [-0.1, -0.05) is 36.4 Å². The first kappa shape index (κ1) is 14.0. The van der Waals surface area contributed by atoms with E-state index in [2.05, 4.69) is 0 Å². The van der Waals surface area contributed by atoms with Crippen LogP contribution in [0.25, 0.3) is 6.08 Å². The van der Waals surface area contributed by atoms with E-state index in [0.717, 1.165) is 6.08 Å². The summed E-state index contributed by atoms with van der Waals surface area (Å²) in [7, 11) is -4.18. The van der Waals surface area contributed by atoms with E-state index in [1.807, 2.05) is 6.07 Å². The van der Waals surface area contributed by atoms with Crippen LogP contribution < -0.4 is 0 Å². The normalized spacial score (nSPS) is 11.9. The van der Waals surface area contributed by atoms with Gasteiger partial charge in [-0.2, -0.15) is 9.65 Å². The Labute approximate surface area is 116 Å². The highest BCUT2D eigenvalue weighted by Gasteiger charge is 2.20. The first-order valence-electron chi connectivity index (χ1n) is 5.72. The molecular formula is C15H10FNO2S. The predicted octanol–water partition coefficient (Wildman–Crippen LogP) is 3.30. The molecule has 0 aliphatic heterocycles. The van der Waals surface area contributed by atoms with Crippen LogP contribution in [0.4, 0.5) is 4.39 Å². The van der Waals surface area contributed by atoms with E-state index >= 15 is 0 Å². The Morgan fingerprint density at radius 2 is 1.65 bits per heavy atom. The van der Waals surface area contributed by atoms with Crippen molar-refractivity contribution in [3.63, 3.8) is 0 Å². The van der Waals surface area contributed by atoms with Crippen molar-refractivity contribution >= 4 is 15.9 Å². The molecule has 0 aliphatic rings. The predicted molar refractivity (Wildman–Crippen MR) is 73.9 cm³/mol. The molecule has 0 N–H and O–H groups in total. The van der Waals surface area contributed by atoms with Gasteiger partial charge in [0, 0.05) is 0 Å². The molecule has 2 aromatic rings. The van der Waals surface area contributed by atoms with Crippen molar-refractivity contribution in [2.75, 3.05) is 0 Å². The van der Waals surface area contributed by atoms with E-state index in [9.17, 15) is 12.8 Å². The van der Waals surface area contributed by atoms with Gasteiger partial charge in [-0.15, -0.1) is 0 Å². The zero-order valence-electron chi connectivity index (χ0n) is 10.3. The Hall–Kier alpha value is -2.45. The standard InChI is InChI=1S/C15H10FNO2S/c16-15(10-12-6-4-5-7-13(12)11-17)20(18,19)14-8-2-1-3-9-14/h1-10H/b15-10+. The van der Waals surface area contributed by atoms with Gasteiger partial charge in [0.15, 0.2) is 0 Å². The molecule has 2 aromatic carbocycles. The lowest BCUT2D eigenvalue weighted by Crippen LogP contribution is -2.01. The molecule has 2 rings (SSSR count). The maximum atomic E-state index is 14.0. The minimum atomic E-state index is -4.18. The molecular weight excluding hydrogens is 277 g/mol. The van der Waals surface area contributed by atoms with E-state index in [-0.39, 0.29) is 16.0 Å². The first-order chi connectivity index (χ1) is 9.55. The minimum Gasteiger partial charge on any atom is -0.216 e. The lowest BCUT2D eigenvalue weighted by atomic mass is 10.1. The van der Waals surface area contributed by atoms with Gasteiger partial charge in [0.2, 0.25) is 15.0 Å². The highest BCUT2D eigenvalue weighted by molar-refractivity contribution is 7.95. The summed E-state index contributed by atoms with van der Waals surface area (Å²) in [5.41, 5.74) is 0.443. The number of sulfone groups is 1. The van der Waals surface area contributed by atoms with Gasteiger partial charge in [-0.05, 0) is 29.8 Å². The molecule has 0 amide bonds. The van der Waals surface area contributed by atoms with Crippen LogP contribution in [0, 0.1) is 11.3 Å². The summed E-state index contributed by atoms with van der Waals surface area (Å²) in [4.78, 5) is -0.122. The SMILES string of the molecule is N#Cc1ccccc1/C=C(\F)S(=O)(=O)c1ccccc1. The molecule has 3 nitrogen and oxygen atoms in total. The Morgan fingerprint density at radius 1 is 1.05 bits per heavy atom. The first-order valence-corrected chi connectivity index (χ1v) is 7.20. The fourth-order valence-electron chi connectivity index (χ4n) is 1.64. The number of rotatable bonds is 3. The maximum Gasteiger partial charge on any atom is 0.233 e. The fraction of sp³-hybridized carbons (Fsp3) is 0. The molecule has 0 radical (unpaired) electrons. The average molecular weight is 287 g/mol. The molecule has 0 bridgehead atoms. The van der Waals surface area contributed by atoms with Gasteiger partial charge in [0.25, 0.3) is 0 Å². The molecule has 0 heterocycles. The summed E-state index contributed by atoms with van der Waals surface area (Å²) >= 11 is 0. The second-order valence-corrected chi connectivity index (χ2v) is 5.83. The van der Waals surface area contributed by atoms with Crippen LogP contribution in [-0.4, -0.2) is 8.42 Å². The molecule has 0 atom stereocenters. The molecule has 0 unspecified atom stereocenters. The van der Waals surface area contributed by atoms with E-state index in [0.29, 0.717) is 0 Å². The van der Waals surface area contributed by atoms with Crippen LogP contribution in [-0.2, 0) is 9.84 Å². The summed E-state index contributed by atoms with van der Waals surface area (Å²) < 4.78 is 38.1. The third-order valence-electron chi connectivity index (χ3n) is 2.66. The summed E-state index contributed by atoms with van der Waals surface area (Å²) in [6, 6.07) is 15.4. The van der Waals surface area contributed by atoms with Crippen molar-refractivity contribution in [3.8, 4) is 6.07 Å². The number of halogens is 1. The van der Waals surface area contributed by atoms with Gasteiger partial charge in [0.05, 0.1) is 16.5 Å². The molecule has 100 valence electrons. The molecule has 0 spiro atoms. The number of hydrogen-bond donors (Lipinski definition) is 0.